The summed E-state index contributed by atoms with van der Waals surface area (Å²) < 4.78 is 58.1. The molecule has 6 rings (SSSR count). The van der Waals surface area contributed by atoms with Crippen LogP contribution in [0, 0.1) is 6.92 Å². The molecule has 0 radical (unpaired) electrons. The molecule has 4 aromatic heterocycles. The molecule has 1 aliphatic heterocycles. The van der Waals surface area contributed by atoms with Gasteiger partial charge >= 0.3 is 17.5 Å². The molecule has 0 atom stereocenters. The van der Waals surface area contributed by atoms with Gasteiger partial charge in [-0.25, -0.2) is 14.8 Å². The predicted molar refractivity (Wildman–Crippen MR) is 142 cm³/mol. The maximum Gasteiger partial charge on any atom is 0.333 e. The Morgan fingerprint density at radius 1 is 1.00 bits per heavy atom. The number of rotatable bonds is 4. The summed E-state index contributed by atoms with van der Waals surface area (Å²) >= 11 is 0. The minimum atomic E-state index is -4.17. The van der Waals surface area contributed by atoms with Crippen molar-refractivity contribution < 1.29 is 22.7 Å². The molecule has 0 saturated carbocycles. The van der Waals surface area contributed by atoms with E-state index >= 15 is 0 Å². The number of nitrogens with two attached hydrogens (primary N) is 1. The van der Waals surface area contributed by atoms with Crippen molar-refractivity contribution in [3.63, 3.8) is 0 Å². The molecule has 0 spiro atoms. The van der Waals surface area contributed by atoms with Crippen molar-refractivity contribution in [2.75, 3.05) is 23.7 Å². The van der Waals surface area contributed by atoms with Gasteiger partial charge in [0.15, 0.2) is 0 Å². The Morgan fingerprint density at radius 3 is 2.40 bits per heavy atom. The van der Waals surface area contributed by atoms with Crippen LogP contribution in [-0.2, 0) is 13.7 Å². The van der Waals surface area contributed by atoms with E-state index < -0.39 is 30.6 Å². The molecule has 1 aliphatic rings. The summed E-state index contributed by atoms with van der Waals surface area (Å²) in [5.41, 5.74) is 9.67. The van der Waals surface area contributed by atoms with Crippen molar-refractivity contribution in [2.24, 2.45) is 7.05 Å². The Balaban J connectivity index is 1.52. The highest BCUT2D eigenvalue weighted by atomic mass is 19.3. The Morgan fingerprint density at radius 2 is 1.73 bits per heavy atom. The minimum absolute atomic E-state index is 0.0317. The molecular weight excluding hydrogens is 530 g/mol. The summed E-state index contributed by atoms with van der Waals surface area (Å²) in [6.07, 6.45) is 3.16. The van der Waals surface area contributed by atoms with Gasteiger partial charge in [0.1, 0.15) is 11.6 Å². The lowest BCUT2D eigenvalue weighted by Crippen LogP contribution is -2.38. The fourth-order valence-electron chi connectivity index (χ4n) is 5.09. The van der Waals surface area contributed by atoms with Crippen LogP contribution in [0.15, 0.2) is 53.6 Å². The average molecular weight is 554 g/mol. The van der Waals surface area contributed by atoms with E-state index in [1.165, 1.54) is 21.3 Å². The second-order valence-electron chi connectivity index (χ2n) is 9.87. The first-order valence-electron chi connectivity index (χ1n) is 12.3. The van der Waals surface area contributed by atoms with Gasteiger partial charge in [-0.3, -0.25) is 14.1 Å². The minimum Gasteiger partial charge on any atom is -0.392 e. The Hall–Kier alpha value is -4.52. The summed E-state index contributed by atoms with van der Waals surface area (Å²) in [6, 6.07) is 10.1. The number of aliphatic hydroxyl groups is 1. The molecule has 206 valence electrons. The van der Waals surface area contributed by atoms with Crippen LogP contribution in [0.1, 0.15) is 11.3 Å². The molecule has 1 aromatic carbocycles. The number of nitrogen functional groups attached to an aromatic ring is 1. The van der Waals surface area contributed by atoms with Gasteiger partial charge < -0.3 is 15.7 Å². The average Bonchev–Trinajstić information content (AvgIpc) is 3.31. The van der Waals surface area contributed by atoms with Crippen molar-refractivity contribution >= 4 is 33.6 Å². The fourth-order valence-corrected chi connectivity index (χ4v) is 5.09. The molecule has 13 heteroatoms. The van der Waals surface area contributed by atoms with Gasteiger partial charge in [0.05, 0.1) is 53.8 Å². The SMILES string of the molecule is Cc1nc(N2CC(F)(F)C(F)(F)C2)ccc1-n1c(=O)n(C)c2cnc3ccc(-c4cnc(N)c(CO)c4)cc3c21. The number of alkyl halides is 4. The normalized spacial score (nSPS) is 16.3. The number of anilines is 2. The standard InChI is InChI=1S/C27H23F4N7O2/c1-14-20(5-6-22(35-14)37-12-26(28,29)27(30,31)13-37)38-23-18-8-15(16-7-17(11-39)24(32)34-9-16)3-4-19(18)33-10-21(23)36(2)25(38)40/h3-10,39H,11-13H2,1-2H3,(H2,32,34). The van der Waals surface area contributed by atoms with Gasteiger partial charge in [0.2, 0.25) is 0 Å². The molecule has 0 aliphatic carbocycles. The molecule has 0 bridgehead atoms. The van der Waals surface area contributed by atoms with E-state index in [1.54, 1.807) is 38.5 Å². The number of hydrogen-bond acceptors (Lipinski definition) is 7. The lowest BCUT2D eigenvalue weighted by Gasteiger charge is -2.18. The third-order valence-corrected chi connectivity index (χ3v) is 7.31. The number of aromatic nitrogens is 5. The number of nitrogens with zero attached hydrogens (tertiary/aromatic N) is 6. The summed E-state index contributed by atoms with van der Waals surface area (Å²) in [5, 5.41) is 10.2. The molecule has 3 N–H and O–H groups in total. The van der Waals surface area contributed by atoms with Crippen LogP contribution in [0.25, 0.3) is 38.8 Å². The largest absolute Gasteiger partial charge is 0.392 e. The van der Waals surface area contributed by atoms with Crippen molar-refractivity contribution in [1.29, 1.82) is 0 Å². The van der Waals surface area contributed by atoms with E-state index in [1.807, 2.05) is 12.1 Å². The third kappa shape index (κ3) is 3.79. The van der Waals surface area contributed by atoms with Crippen molar-refractivity contribution in [3.05, 3.63) is 70.5 Å². The number of benzene rings is 1. The van der Waals surface area contributed by atoms with Crippen LogP contribution in [0.4, 0.5) is 29.2 Å². The highest BCUT2D eigenvalue weighted by Crippen LogP contribution is 2.42. The van der Waals surface area contributed by atoms with Crippen LogP contribution in [0.3, 0.4) is 0 Å². The van der Waals surface area contributed by atoms with E-state index in [-0.39, 0.29) is 18.2 Å². The zero-order valence-corrected chi connectivity index (χ0v) is 21.4. The van der Waals surface area contributed by atoms with Crippen LogP contribution >= 0.6 is 0 Å². The molecule has 40 heavy (non-hydrogen) atoms. The summed E-state index contributed by atoms with van der Waals surface area (Å²) in [6.45, 7) is -1.00. The van der Waals surface area contributed by atoms with Crippen LogP contribution < -0.4 is 16.3 Å². The predicted octanol–water partition coefficient (Wildman–Crippen LogP) is 3.81. The lowest BCUT2D eigenvalue weighted by atomic mass is 10.0. The van der Waals surface area contributed by atoms with Crippen molar-refractivity contribution in [3.8, 4) is 16.8 Å². The lowest BCUT2D eigenvalue weighted by molar-refractivity contribution is -0.172. The summed E-state index contributed by atoms with van der Waals surface area (Å²) in [4.78, 5) is 27.3. The number of fused-ring (bicyclic) bond motifs is 3. The Kier molecular flexibility index (Phi) is 5.63. The zero-order chi connectivity index (χ0) is 28.6. The number of pyridine rings is 3. The fraction of sp³-hybridized carbons (Fsp3) is 0.259. The number of halogens is 4. The second kappa shape index (κ2) is 8.74. The first-order valence-corrected chi connectivity index (χ1v) is 12.3. The van der Waals surface area contributed by atoms with Crippen molar-refractivity contribution in [2.45, 2.75) is 25.4 Å². The zero-order valence-electron chi connectivity index (χ0n) is 21.4. The van der Waals surface area contributed by atoms with E-state index in [2.05, 4.69) is 15.0 Å². The summed E-state index contributed by atoms with van der Waals surface area (Å²) in [5.74, 6) is -8.15. The topological polar surface area (TPSA) is 115 Å². The van der Waals surface area contributed by atoms with E-state index in [0.29, 0.717) is 44.4 Å². The number of imidazole rings is 1. The first-order chi connectivity index (χ1) is 18.9. The van der Waals surface area contributed by atoms with Crippen molar-refractivity contribution in [1.82, 2.24) is 24.1 Å². The van der Waals surface area contributed by atoms with Gasteiger partial charge in [0.25, 0.3) is 0 Å². The van der Waals surface area contributed by atoms with E-state index in [4.69, 9.17) is 5.73 Å². The van der Waals surface area contributed by atoms with Crippen LogP contribution in [-0.4, -0.2) is 54.1 Å². The Labute approximate surface area is 224 Å². The monoisotopic (exact) mass is 553 g/mol. The highest BCUT2D eigenvalue weighted by Gasteiger charge is 2.63. The quantitative estimate of drug-likeness (QED) is 0.325. The first kappa shape index (κ1) is 25.7. The number of aliphatic hydroxyl groups excluding tert-OH is 1. The van der Waals surface area contributed by atoms with Gasteiger partial charge in [0, 0.05) is 29.8 Å². The van der Waals surface area contributed by atoms with E-state index in [9.17, 15) is 27.5 Å². The van der Waals surface area contributed by atoms with Gasteiger partial charge in [-0.1, -0.05) is 6.07 Å². The third-order valence-electron chi connectivity index (χ3n) is 7.31. The Bertz CT molecular complexity index is 1870. The second-order valence-corrected chi connectivity index (χ2v) is 9.87. The molecule has 5 aromatic rings. The van der Waals surface area contributed by atoms with Gasteiger partial charge in [-0.2, -0.15) is 17.6 Å². The molecule has 1 fully saturated rings. The molecule has 5 heterocycles. The van der Waals surface area contributed by atoms with Gasteiger partial charge in [-0.15, -0.1) is 0 Å². The van der Waals surface area contributed by atoms with Crippen LogP contribution in [0.5, 0.6) is 0 Å². The summed E-state index contributed by atoms with van der Waals surface area (Å²) in [7, 11) is 1.60. The van der Waals surface area contributed by atoms with Gasteiger partial charge in [-0.05, 0) is 42.8 Å². The molecule has 0 amide bonds. The molecule has 1 saturated heterocycles. The number of aryl methyl sites for hydroxylation is 2. The maximum atomic E-state index is 13.8. The maximum absolute atomic E-state index is 13.8. The highest BCUT2D eigenvalue weighted by molar-refractivity contribution is 6.04. The molecule has 9 nitrogen and oxygen atoms in total. The van der Waals surface area contributed by atoms with E-state index in [0.717, 1.165) is 10.5 Å². The number of hydrogen-bond donors (Lipinski definition) is 2. The van der Waals surface area contributed by atoms with Crippen LogP contribution in [0.2, 0.25) is 0 Å². The molecular formula is C27H23F4N7O2. The smallest absolute Gasteiger partial charge is 0.333 e. The molecule has 0 unspecified atom stereocenters.